The SMILES string of the molecule is CCOC(=O)c1c(N/C=C(/C#N)c2nc(-c3ccc(Cl)cc3Cl)cs2)sc2c1CCCC2. The van der Waals surface area contributed by atoms with Crippen LogP contribution in [0.15, 0.2) is 29.8 Å². The molecule has 0 spiro atoms. The minimum absolute atomic E-state index is 0.317. The second kappa shape index (κ2) is 10.1. The Morgan fingerprint density at radius 3 is 2.91 bits per heavy atom. The summed E-state index contributed by atoms with van der Waals surface area (Å²) in [5.74, 6) is -0.324. The number of thiophene rings is 1. The first-order valence-corrected chi connectivity index (χ1v) is 12.6. The summed E-state index contributed by atoms with van der Waals surface area (Å²) in [5.41, 5.74) is 3.45. The van der Waals surface area contributed by atoms with E-state index in [0.29, 0.717) is 43.5 Å². The lowest BCUT2D eigenvalue weighted by molar-refractivity contribution is 0.0526. The number of nitrogens with one attached hydrogen (secondary N) is 1. The molecular formula is C23H19Cl2N3O2S2. The van der Waals surface area contributed by atoms with E-state index in [4.69, 9.17) is 27.9 Å². The number of carbonyl (C=O) groups excluding carboxylic acids is 1. The summed E-state index contributed by atoms with van der Waals surface area (Å²) in [6.07, 6.45) is 5.61. The fourth-order valence-electron chi connectivity index (χ4n) is 3.58. The lowest BCUT2D eigenvalue weighted by Gasteiger charge is -2.12. The Labute approximate surface area is 204 Å². The van der Waals surface area contributed by atoms with Gasteiger partial charge >= 0.3 is 5.97 Å². The third kappa shape index (κ3) is 4.69. The molecule has 0 radical (unpaired) electrons. The Balaban J connectivity index is 1.63. The van der Waals surface area contributed by atoms with Crippen LogP contribution in [0.3, 0.4) is 0 Å². The van der Waals surface area contributed by atoms with E-state index in [-0.39, 0.29) is 5.97 Å². The van der Waals surface area contributed by atoms with Crippen LogP contribution in [0.4, 0.5) is 5.00 Å². The van der Waals surface area contributed by atoms with Crippen molar-refractivity contribution in [3.05, 3.63) is 60.8 Å². The van der Waals surface area contributed by atoms with E-state index >= 15 is 0 Å². The first-order chi connectivity index (χ1) is 15.5. The van der Waals surface area contributed by atoms with E-state index in [0.717, 1.165) is 36.8 Å². The maximum atomic E-state index is 12.6. The number of esters is 1. The number of thiazole rings is 1. The van der Waals surface area contributed by atoms with Crippen LogP contribution >= 0.6 is 45.9 Å². The van der Waals surface area contributed by atoms with Crippen molar-refractivity contribution in [3.8, 4) is 17.3 Å². The number of rotatable bonds is 6. The summed E-state index contributed by atoms with van der Waals surface area (Å²) in [4.78, 5) is 18.4. The zero-order valence-electron chi connectivity index (χ0n) is 17.2. The number of benzene rings is 1. The van der Waals surface area contributed by atoms with Gasteiger partial charge in [-0.25, -0.2) is 9.78 Å². The highest BCUT2D eigenvalue weighted by atomic mass is 35.5. The van der Waals surface area contributed by atoms with Gasteiger partial charge in [-0.3, -0.25) is 0 Å². The molecule has 0 atom stereocenters. The number of nitriles is 1. The summed E-state index contributed by atoms with van der Waals surface area (Å²) in [7, 11) is 0. The fraction of sp³-hybridized carbons (Fsp3) is 0.261. The number of ether oxygens (including phenoxy) is 1. The fourth-order valence-corrected chi connectivity index (χ4v) is 6.12. The average Bonchev–Trinajstić information content (AvgIpc) is 3.39. The highest BCUT2D eigenvalue weighted by Gasteiger charge is 2.26. The second-order valence-corrected chi connectivity index (χ2v) is 9.92. The third-order valence-electron chi connectivity index (χ3n) is 5.06. The van der Waals surface area contributed by atoms with Gasteiger partial charge in [-0.05, 0) is 56.4 Å². The van der Waals surface area contributed by atoms with Gasteiger partial charge in [0.1, 0.15) is 21.7 Å². The van der Waals surface area contributed by atoms with Crippen molar-refractivity contribution in [1.82, 2.24) is 4.98 Å². The normalized spacial score (nSPS) is 13.4. The minimum atomic E-state index is -0.324. The standard InChI is InChI=1S/C23H19Cl2N3O2S2/c1-2-30-23(29)20-16-5-3-4-6-19(16)32-22(20)27-11-13(10-26)21-28-18(12-31-21)15-8-7-14(24)9-17(15)25/h7-9,11-12,27H,2-6H2,1H3/b13-11-. The van der Waals surface area contributed by atoms with Crippen LogP contribution in [0.5, 0.6) is 0 Å². The average molecular weight is 504 g/mol. The molecule has 0 aliphatic heterocycles. The van der Waals surface area contributed by atoms with Crippen molar-refractivity contribution in [2.75, 3.05) is 11.9 Å². The van der Waals surface area contributed by atoms with Gasteiger partial charge in [0.25, 0.3) is 0 Å². The van der Waals surface area contributed by atoms with Crippen LogP contribution in [0, 0.1) is 11.3 Å². The predicted octanol–water partition coefficient (Wildman–Crippen LogP) is 7.21. The number of carbonyl (C=O) groups is 1. The highest BCUT2D eigenvalue weighted by molar-refractivity contribution is 7.16. The summed E-state index contributed by atoms with van der Waals surface area (Å²) in [6.45, 7) is 2.11. The van der Waals surface area contributed by atoms with Gasteiger partial charge in [-0.15, -0.1) is 22.7 Å². The molecule has 4 rings (SSSR count). The molecule has 1 N–H and O–H groups in total. The molecule has 3 aromatic rings. The number of hydrogen-bond acceptors (Lipinski definition) is 7. The topological polar surface area (TPSA) is 75.0 Å². The van der Waals surface area contributed by atoms with Gasteiger partial charge in [0.2, 0.25) is 0 Å². The van der Waals surface area contributed by atoms with Crippen LogP contribution in [0.1, 0.15) is 45.6 Å². The number of allylic oxidation sites excluding steroid dienone is 1. The summed E-state index contributed by atoms with van der Waals surface area (Å²) in [6, 6.07) is 7.41. The number of nitrogens with zero attached hydrogens (tertiary/aromatic N) is 2. The number of anilines is 1. The lowest BCUT2D eigenvalue weighted by Crippen LogP contribution is -2.10. The van der Waals surface area contributed by atoms with Gasteiger partial charge in [0.15, 0.2) is 0 Å². The molecule has 164 valence electrons. The molecule has 5 nitrogen and oxygen atoms in total. The van der Waals surface area contributed by atoms with Crippen LogP contribution < -0.4 is 5.32 Å². The zero-order chi connectivity index (χ0) is 22.7. The molecule has 1 aromatic carbocycles. The van der Waals surface area contributed by atoms with Gasteiger partial charge < -0.3 is 10.1 Å². The second-order valence-electron chi connectivity index (χ2n) is 7.11. The van der Waals surface area contributed by atoms with Crippen molar-refractivity contribution in [2.24, 2.45) is 0 Å². The summed E-state index contributed by atoms with van der Waals surface area (Å²) in [5, 5.41) is 17.1. The Kier molecular flexibility index (Phi) is 7.17. The number of fused-ring (bicyclic) bond motifs is 1. The van der Waals surface area contributed by atoms with E-state index in [1.54, 1.807) is 42.7 Å². The van der Waals surface area contributed by atoms with Gasteiger partial charge in [-0.1, -0.05) is 23.2 Å². The van der Waals surface area contributed by atoms with E-state index in [9.17, 15) is 10.1 Å². The molecule has 0 saturated carbocycles. The van der Waals surface area contributed by atoms with Crippen LogP contribution in [-0.4, -0.2) is 17.6 Å². The molecule has 2 aromatic heterocycles. The van der Waals surface area contributed by atoms with E-state index in [2.05, 4.69) is 16.4 Å². The summed E-state index contributed by atoms with van der Waals surface area (Å²) < 4.78 is 5.29. The van der Waals surface area contributed by atoms with Gasteiger partial charge in [-0.2, -0.15) is 5.26 Å². The molecule has 0 bridgehead atoms. The molecule has 0 amide bonds. The quantitative estimate of drug-likeness (QED) is 0.284. The maximum absolute atomic E-state index is 12.6. The van der Waals surface area contributed by atoms with Gasteiger partial charge in [0, 0.05) is 27.0 Å². The van der Waals surface area contributed by atoms with Gasteiger partial charge in [0.05, 0.1) is 22.9 Å². The van der Waals surface area contributed by atoms with Crippen molar-refractivity contribution < 1.29 is 9.53 Å². The molecule has 2 heterocycles. The highest BCUT2D eigenvalue weighted by Crippen LogP contribution is 2.39. The third-order valence-corrected chi connectivity index (χ3v) is 7.71. The minimum Gasteiger partial charge on any atom is -0.462 e. The van der Waals surface area contributed by atoms with Crippen molar-refractivity contribution >= 4 is 62.4 Å². The zero-order valence-corrected chi connectivity index (χ0v) is 20.4. The number of hydrogen-bond donors (Lipinski definition) is 1. The Hall–Kier alpha value is -2.37. The first kappa shape index (κ1) is 22.8. The number of aryl methyl sites for hydroxylation is 1. The summed E-state index contributed by atoms with van der Waals surface area (Å²) >= 11 is 15.2. The monoisotopic (exact) mass is 503 g/mol. The lowest BCUT2D eigenvalue weighted by atomic mass is 9.95. The van der Waals surface area contributed by atoms with E-state index in [1.807, 2.05) is 5.38 Å². The molecule has 0 fully saturated rings. The Morgan fingerprint density at radius 1 is 1.34 bits per heavy atom. The molecule has 9 heteroatoms. The van der Waals surface area contributed by atoms with Crippen molar-refractivity contribution in [2.45, 2.75) is 32.6 Å². The first-order valence-electron chi connectivity index (χ1n) is 10.1. The molecule has 1 aliphatic carbocycles. The van der Waals surface area contributed by atoms with E-state index in [1.165, 1.54) is 16.2 Å². The van der Waals surface area contributed by atoms with Crippen LogP contribution in [0.2, 0.25) is 10.0 Å². The Morgan fingerprint density at radius 2 is 2.16 bits per heavy atom. The number of halogens is 2. The maximum Gasteiger partial charge on any atom is 0.341 e. The smallest absolute Gasteiger partial charge is 0.341 e. The molecule has 0 unspecified atom stereocenters. The Bertz CT molecular complexity index is 1240. The molecule has 0 saturated heterocycles. The van der Waals surface area contributed by atoms with Crippen molar-refractivity contribution in [1.29, 1.82) is 5.26 Å². The van der Waals surface area contributed by atoms with E-state index < -0.39 is 0 Å². The number of aromatic nitrogens is 1. The molecular weight excluding hydrogens is 485 g/mol. The largest absolute Gasteiger partial charge is 0.462 e. The van der Waals surface area contributed by atoms with Crippen LogP contribution in [0.25, 0.3) is 16.8 Å². The van der Waals surface area contributed by atoms with Crippen LogP contribution in [-0.2, 0) is 17.6 Å². The molecule has 32 heavy (non-hydrogen) atoms. The predicted molar refractivity (Wildman–Crippen MR) is 132 cm³/mol. The van der Waals surface area contributed by atoms with Crippen molar-refractivity contribution in [3.63, 3.8) is 0 Å². The molecule has 1 aliphatic rings.